The summed E-state index contributed by atoms with van der Waals surface area (Å²) in [7, 11) is 0. The normalized spacial score (nSPS) is 42.7. The van der Waals surface area contributed by atoms with Crippen molar-refractivity contribution in [2.24, 2.45) is 16.7 Å². The Balaban J connectivity index is 1.93. The topological polar surface area (TPSA) is 46.6 Å². The number of likely N-dealkylation sites (tertiary alicyclic amines) is 1. The molecule has 2 saturated heterocycles. The van der Waals surface area contributed by atoms with Gasteiger partial charge in [-0.2, -0.15) is 0 Å². The Morgan fingerprint density at radius 1 is 1.30 bits per heavy atom. The molecule has 4 heteroatoms. The summed E-state index contributed by atoms with van der Waals surface area (Å²) in [6.45, 7) is 9.78. The molecule has 0 N–H and O–H groups in total. The van der Waals surface area contributed by atoms with Gasteiger partial charge in [0.1, 0.15) is 0 Å². The van der Waals surface area contributed by atoms with Crippen molar-refractivity contribution >= 4 is 11.9 Å². The van der Waals surface area contributed by atoms with Crippen molar-refractivity contribution in [2.45, 2.75) is 59.0 Å². The number of ether oxygens (including phenoxy) is 1. The Morgan fingerprint density at radius 2 is 2.00 bits per heavy atom. The van der Waals surface area contributed by atoms with Gasteiger partial charge in [-0.3, -0.25) is 9.59 Å². The molecule has 4 nitrogen and oxygen atoms in total. The summed E-state index contributed by atoms with van der Waals surface area (Å²) in [5, 5.41) is 0. The van der Waals surface area contributed by atoms with E-state index in [1.54, 1.807) is 0 Å². The fraction of sp³-hybridized carbons (Fsp3) is 0.875. The Labute approximate surface area is 120 Å². The van der Waals surface area contributed by atoms with Gasteiger partial charge in [0, 0.05) is 18.5 Å². The lowest BCUT2D eigenvalue weighted by atomic mass is 9.66. The zero-order valence-corrected chi connectivity index (χ0v) is 13.0. The summed E-state index contributed by atoms with van der Waals surface area (Å²) in [5.41, 5.74) is -1.85. The van der Waals surface area contributed by atoms with Crippen LogP contribution in [0.3, 0.4) is 0 Å². The first-order valence-electron chi connectivity index (χ1n) is 7.77. The largest absolute Gasteiger partial charge is 0.448 e. The van der Waals surface area contributed by atoms with E-state index in [0.717, 1.165) is 25.9 Å². The van der Waals surface area contributed by atoms with E-state index in [9.17, 15) is 9.59 Å². The molecule has 0 aromatic heterocycles. The molecule has 1 aliphatic carbocycles. The summed E-state index contributed by atoms with van der Waals surface area (Å²) in [4.78, 5) is 27.2. The van der Waals surface area contributed by atoms with E-state index in [2.05, 4.69) is 6.92 Å². The molecular formula is C16H25NO3. The summed E-state index contributed by atoms with van der Waals surface area (Å²) >= 11 is 0. The highest BCUT2D eigenvalue weighted by Crippen LogP contribution is 2.66. The fourth-order valence-corrected chi connectivity index (χ4v) is 4.35. The number of nitrogens with zero attached hydrogens (tertiary/aromatic N) is 1. The van der Waals surface area contributed by atoms with Gasteiger partial charge < -0.3 is 9.64 Å². The van der Waals surface area contributed by atoms with Gasteiger partial charge in [0.25, 0.3) is 5.91 Å². The van der Waals surface area contributed by atoms with Crippen molar-refractivity contribution in [3.8, 4) is 0 Å². The average molecular weight is 279 g/mol. The zero-order valence-electron chi connectivity index (χ0n) is 13.0. The lowest BCUT2D eigenvalue weighted by Gasteiger charge is -2.41. The van der Waals surface area contributed by atoms with Crippen LogP contribution in [0.2, 0.25) is 0 Å². The molecule has 0 spiro atoms. The van der Waals surface area contributed by atoms with E-state index in [1.807, 2.05) is 25.7 Å². The maximum atomic E-state index is 13.1. The maximum Gasteiger partial charge on any atom is 0.313 e. The number of hydrogen-bond donors (Lipinski definition) is 0. The molecule has 3 aliphatic rings. The molecule has 2 heterocycles. The first-order valence-corrected chi connectivity index (χ1v) is 7.77. The van der Waals surface area contributed by atoms with E-state index in [0.29, 0.717) is 12.3 Å². The second-order valence-corrected chi connectivity index (χ2v) is 7.67. The van der Waals surface area contributed by atoms with E-state index in [-0.39, 0.29) is 11.9 Å². The van der Waals surface area contributed by atoms with E-state index < -0.39 is 16.4 Å². The molecule has 0 unspecified atom stereocenters. The molecule has 2 bridgehead atoms. The lowest BCUT2D eigenvalue weighted by Crippen LogP contribution is -2.56. The second kappa shape index (κ2) is 3.99. The number of carbonyl (C=O) groups excluding carboxylic acids is 2. The molecule has 0 aromatic carbocycles. The van der Waals surface area contributed by atoms with Gasteiger partial charge in [-0.1, -0.05) is 20.8 Å². The predicted molar refractivity (Wildman–Crippen MR) is 74.9 cm³/mol. The van der Waals surface area contributed by atoms with E-state index >= 15 is 0 Å². The fourth-order valence-electron chi connectivity index (χ4n) is 4.35. The molecule has 0 aromatic rings. The molecule has 1 saturated carbocycles. The first-order chi connectivity index (χ1) is 9.24. The minimum Gasteiger partial charge on any atom is -0.448 e. The van der Waals surface area contributed by atoms with Crippen molar-refractivity contribution < 1.29 is 14.3 Å². The van der Waals surface area contributed by atoms with Gasteiger partial charge in [0.05, 0.1) is 5.41 Å². The average Bonchev–Trinajstić information content (AvgIpc) is 2.68. The molecule has 20 heavy (non-hydrogen) atoms. The molecular weight excluding hydrogens is 254 g/mol. The van der Waals surface area contributed by atoms with Gasteiger partial charge in [0.15, 0.2) is 5.60 Å². The van der Waals surface area contributed by atoms with Gasteiger partial charge in [-0.15, -0.1) is 0 Å². The molecule has 3 atom stereocenters. The smallest absolute Gasteiger partial charge is 0.313 e. The van der Waals surface area contributed by atoms with Gasteiger partial charge in [-0.25, -0.2) is 0 Å². The Morgan fingerprint density at radius 3 is 2.50 bits per heavy atom. The molecule has 0 radical (unpaired) electrons. The number of carbonyl (C=O) groups is 2. The van der Waals surface area contributed by atoms with Gasteiger partial charge >= 0.3 is 5.97 Å². The highest BCUT2D eigenvalue weighted by molar-refractivity contribution is 5.96. The molecule has 1 amide bonds. The zero-order chi connectivity index (χ0) is 14.8. The summed E-state index contributed by atoms with van der Waals surface area (Å²) in [6, 6.07) is 0. The SMILES string of the molecule is C[C@H]1CCCN(C(=O)[C@]23CC[C@@](C)(C(=O)O2)C3(C)C)C1. The standard InChI is InChI=1S/C16H25NO3/c1-11-6-5-9-17(10-11)12(18)16-8-7-15(4,13(19)20-16)14(16,2)3/h11H,5-10H2,1-4H3/t11-,15-,16-/m0/s1. The third kappa shape index (κ3) is 1.43. The van der Waals surface area contributed by atoms with Crippen molar-refractivity contribution in [3.05, 3.63) is 0 Å². The number of fused-ring (bicyclic) bond motifs is 2. The Bertz CT molecular complexity index is 472. The van der Waals surface area contributed by atoms with Gasteiger partial charge in [-0.05, 0) is 38.5 Å². The number of amides is 1. The number of piperidine rings is 1. The van der Waals surface area contributed by atoms with Crippen LogP contribution in [0.5, 0.6) is 0 Å². The van der Waals surface area contributed by atoms with Crippen LogP contribution in [0.25, 0.3) is 0 Å². The second-order valence-electron chi connectivity index (χ2n) is 7.67. The molecule has 3 rings (SSSR count). The van der Waals surface area contributed by atoms with Crippen LogP contribution in [0.1, 0.15) is 53.4 Å². The first kappa shape index (κ1) is 13.9. The van der Waals surface area contributed by atoms with Crippen LogP contribution >= 0.6 is 0 Å². The highest BCUT2D eigenvalue weighted by Gasteiger charge is 2.76. The number of rotatable bonds is 1. The number of hydrogen-bond acceptors (Lipinski definition) is 3. The van der Waals surface area contributed by atoms with Crippen LogP contribution in [-0.2, 0) is 14.3 Å². The van der Waals surface area contributed by atoms with Crippen molar-refractivity contribution in [1.29, 1.82) is 0 Å². The van der Waals surface area contributed by atoms with Crippen LogP contribution in [0.15, 0.2) is 0 Å². The van der Waals surface area contributed by atoms with E-state index in [4.69, 9.17) is 4.74 Å². The van der Waals surface area contributed by atoms with Crippen LogP contribution < -0.4 is 0 Å². The van der Waals surface area contributed by atoms with Crippen LogP contribution in [0.4, 0.5) is 0 Å². The van der Waals surface area contributed by atoms with Crippen LogP contribution in [-0.4, -0.2) is 35.5 Å². The predicted octanol–water partition coefficient (Wildman–Crippen LogP) is 2.37. The minimum atomic E-state index is -0.921. The third-order valence-electron chi connectivity index (χ3n) is 6.37. The Hall–Kier alpha value is -1.06. The minimum absolute atomic E-state index is 0.0450. The summed E-state index contributed by atoms with van der Waals surface area (Å²) in [6.07, 6.45) is 3.66. The van der Waals surface area contributed by atoms with Gasteiger partial charge in [0.2, 0.25) is 0 Å². The van der Waals surface area contributed by atoms with E-state index in [1.165, 1.54) is 6.42 Å². The highest BCUT2D eigenvalue weighted by atomic mass is 16.6. The summed E-state index contributed by atoms with van der Waals surface area (Å²) < 4.78 is 5.69. The monoisotopic (exact) mass is 279 g/mol. The number of esters is 1. The van der Waals surface area contributed by atoms with Crippen LogP contribution in [0, 0.1) is 16.7 Å². The quantitative estimate of drug-likeness (QED) is 0.692. The van der Waals surface area contributed by atoms with Crippen molar-refractivity contribution in [1.82, 2.24) is 4.90 Å². The van der Waals surface area contributed by atoms with Crippen molar-refractivity contribution in [2.75, 3.05) is 13.1 Å². The molecule has 112 valence electrons. The van der Waals surface area contributed by atoms with Crippen molar-refractivity contribution in [3.63, 3.8) is 0 Å². The summed E-state index contributed by atoms with van der Waals surface area (Å²) in [5.74, 6) is 0.396. The lowest BCUT2D eigenvalue weighted by molar-refractivity contribution is -0.175. The molecule has 2 aliphatic heterocycles. The Kier molecular flexibility index (Phi) is 2.77. The molecule has 3 fully saturated rings. The third-order valence-corrected chi connectivity index (χ3v) is 6.37. The maximum absolute atomic E-state index is 13.1.